The van der Waals surface area contributed by atoms with Crippen LogP contribution in [0.2, 0.25) is 0 Å². The van der Waals surface area contributed by atoms with Crippen LogP contribution in [0.4, 0.5) is 10.1 Å². The molecule has 7 heteroatoms. The van der Waals surface area contributed by atoms with E-state index in [4.69, 9.17) is 4.74 Å². The van der Waals surface area contributed by atoms with Crippen molar-refractivity contribution in [3.05, 3.63) is 39.9 Å². The molecule has 0 bridgehead atoms. The number of hydrogen-bond acceptors (Lipinski definition) is 4. The van der Waals surface area contributed by atoms with Gasteiger partial charge in [0.2, 0.25) is 11.3 Å². The molecule has 0 aliphatic carbocycles. The fraction of sp³-hybridized carbons (Fsp3) is 0.450. The molecule has 2 rings (SSSR count). The molecule has 27 heavy (non-hydrogen) atoms. The highest BCUT2D eigenvalue weighted by molar-refractivity contribution is 5.96. The predicted molar refractivity (Wildman–Crippen MR) is 103 cm³/mol. The van der Waals surface area contributed by atoms with Crippen LogP contribution in [0.25, 0.3) is 10.9 Å². The molecule has 0 saturated heterocycles. The van der Waals surface area contributed by atoms with Crippen molar-refractivity contribution in [1.29, 1.82) is 0 Å². The van der Waals surface area contributed by atoms with Gasteiger partial charge in [0.1, 0.15) is 11.4 Å². The van der Waals surface area contributed by atoms with Crippen molar-refractivity contribution >= 4 is 28.5 Å². The van der Waals surface area contributed by atoms with E-state index in [1.807, 2.05) is 13.8 Å². The van der Waals surface area contributed by atoms with Crippen LogP contribution in [0.15, 0.2) is 23.1 Å². The molecule has 146 valence electrons. The van der Waals surface area contributed by atoms with E-state index in [2.05, 4.69) is 5.32 Å². The highest BCUT2D eigenvalue weighted by atomic mass is 19.1. The lowest BCUT2D eigenvalue weighted by Gasteiger charge is -2.14. The van der Waals surface area contributed by atoms with E-state index in [1.165, 1.54) is 12.3 Å². The van der Waals surface area contributed by atoms with Crippen molar-refractivity contribution in [1.82, 2.24) is 4.57 Å². The lowest BCUT2D eigenvalue weighted by Crippen LogP contribution is -2.21. The number of hydrogen-bond donors (Lipinski definition) is 1. The highest BCUT2D eigenvalue weighted by Gasteiger charge is 2.18. The van der Waals surface area contributed by atoms with Crippen molar-refractivity contribution in [2.45, 2.75) is 53.0 Å². The Morgan fingerprint density at radius 1 is 1.19 bits per heavy atom. The lowest BCUT2D eigenvalue weighted by molar-refractivity contribution is -0.116. The summed E-state index contributed by atoms with van der Waals surface area (Å²) in [5, 5.41) is 2.64. The number of fused-ring (bicyclic) bond motifs is 1. The summed E-state index contributed by atoms with van der Waals surface area (Å²) >= 11 is 0. The van der Waals surface area contributed by atoms with E-state index >= 15 is 0 Å². The minimum absolute atomic E-state index is 0.0227. The number of anilines is 1. The number of aromatic nitrogens is 1. The van der Waals surface area contributed by atoms with Crippen molar-refractivity contribution in [2.75, 3.05) is 11.9 Å². The lowest BCUT2D eigenvalue weighted by atomic mass is 10.1. The largest absolute Gasteiger partial charge is 0.462 e. The zero-order chi connectivity index (χ0) is 20.0. The number of rotatable bonds is 8. The number of aryl methyl sites for hydroxylation is 1. The van der Waals surface area contributed by atoms with Crippen molar-refractivity contribution in [3.8, 4) is 0 Å². The van der Waals surface area contributed by atoms with Gasteiger partial charge in [0.15, 0.2) is 0 Å². The predicted octanol–water partition coefficient (Wildman–Crippen LogP) is 3.86. The maximum absolute atomic E-state index is 14.5. The Morgan fingerprint density at radius 3 is 2.56 bits per heavy atom. The Hall–Kier alpha value is -2.70. The van der Waals surface area contributed by atoms with Crippen LogP contribution in [-0.4, -0.2) is 23.1 Å². The third-order valence-corrected chi connectivity index (χ3v) is 4.29. The normalized spacial score (nSPS) is 10.8. The molecule has 1 heterocycles. The number of amides is 1. The van der Waals surface area contributed by atoms with Crippen molar-refractivity contribution in [2.24, 2.45) is 0 Å². The summed E-state index contributed by atoms with van der Waals surface area (Å²) in [4.78, 5) is 36.6. The van der Waals surface area contributed by atoms with Crippen LogP contribution >= 0.6 is 0 Å². The number of esters is 1. The second kappa shape index (κ2) is 9.30. The zero-order valence-corrected chi connectivity index (χ0v) is 15.9. The number of halogens is 1. The highest BCUT2D eigenvalue weighted by Crippen LogP contribution is 2.22. The van der Waals surface area contributed by atoms with E-state index < -0.39 is 17.2 Å². The topological polar surface area (TPSA) is 77.4 Å². The van der Waals surface area contributed by atoms with E-state index in [0.717, 1.165) is 25.3 Å². The number of carbonyl (C=O) groups excluding carboxylic acids is 2. The Balaban J connectivity index is 2.46. The fourth-order valence-electron chi connectivity index (χ4n) is 2.87. The second-order valence-electron chi connectivity index (χ2n) is 6.23. The zero-order valence-electron chi connectivity index (χ0n) is 15.9. The number of carbonyl (C=O) groups is 2. The molecule has 1 N–H and O–H groups in total. The van der Waals surface area contributed by atoms with Gasteiger partial charge in [0.25, 0.3) is 0 Å². The summed E-state index contributed by atoms with van der Waals surface area (Å²) in [5.74, 6) is -1.72. The van der Waals surface area contributed by atoms with Gasteiger partial charge in [-0.3, -0.25) is 9.59 Å². The summed E-state index contributed by atoms with van der Waals surface area (Å²) < 4.78 is 21.1. The van der Waals surface area contributed by atoms with E-state index in [-0.39, 0.29) is 29.2 Å². The average Bonchev–Trinajstić information content (AvgIpc) is 2.64. The monoisotopic (exact) mass is 376 g/mol. The first-order valence-corrected chi connectivity index (χ1v) is 9.26. The smallest absolute Gasteiger partial charge is 0.343 e. The van der Waals surface area contributed by atoms with Crippen LogP contribution < -0.4 is 10.7 Å². The Bertz CT molecular complexity index is 905. The number of pyridine rings is 1. The molecular formula is C20H25FN2O4. The number of nitrogens with zero attached hydrogens (tertiary/aromatic N) is 1. The van der Waals surface area contributed by atoms with E-state index in [1.54, 1.807) is 11.5 Å². The molecule has 0 aliphatic rings. The first-order valence-electron chi connectivity index (χ1n) is 9.26. The van der Waals surface area contributed by atoms with Crippen LogP contribution in [0.5, 0.6) is 0 Å². The van der Waals surface area contributed by atoms with E-state index in [9.17, 15) is 18.8 Å². The number of unbranched alkanes of at least 4 members (excludes halogenated alkanes) is 2. The molecule has 6 nitrogen and oxygen atoms in total. The van der Waals surface area contributed by atoms with Gasteiger partial charge in [-0.1, -0.05) is 19.8 Å². The third-order valence-electron chi connectivity index (χ3n) is 4.29. The van der Waals surface area contributed by atoms with Crippen molar-refractivity contribution in [3.63, 3.8) is 0 Å². The third kappa shape index (κ3) is 4.72. The molecule has 0 saturated carbocycles. The second-order valence-corrected chi connectivity index (χ2v) is 6.23. The minimum atomic E-state index is -0.736. The first kappa shape index (κ1) is 20.6. The summed E-state index contributed by atoms with van der Waals surface area (Å²) in [6.45, 7) is 6.12. The number of nitrogens with one attached hydrogen (secondary N) is 1. The molecule has 0 unspecified atom stereocenters. The van der Waals surface area contributed by atoms with Gasteiger partial charge in [0, 0.05) is 24.5 Å². The molecule has 1 aromatic heterocycles. The van der Waals surface area contributed by atoms with Crippen LogP contribution in [0.1, 0.15) is 56.8 Å². The van der Waals surface area contributed by atoms with Gasteiger partial charge < -0.3 is 14.6 Å². The summed E-state index contributed by atoms with van der Waals surface area (Å²) in [6.07, 6.45) is 4.38. The van der Waals surface area contributed by atoms with Crippen LogP contribution in [-0.2, 0) is 16.1 Å². The molecule has 0 fully saturated rings. The summed E-state index contributed by atoms with van der Waals surface area (Å²) in [5.41, 5.74) is -0.259. The van der Waals surface area contributed by atoms with Crippen LogP contribution in [0.3, 0.4) is 0 Å². The fourth-order valence-corrected chi connectivity index (χ4v) is 2.87. The Kier molecular flexibility index (Phi) is 7.10. The molecule has 1 amide bonds. The molecule has 0 spiro atoms. The molecule has 1 aromatic carbocycles. The van der Waals surface area contributed by atoms with Gasteiger partial charge in [-0.05, 0) is 32.4 Å². The Morgan fingerprint density at radius 2 is 1.93 bits per heavy atom. The summed E-state index contributed by atoms with van der Waals surface area (Å²) in [6, 6.07) is 2.50. The molecule has 0 atom stereocenters. The standard InChI is InChI=1S/C20H25FN2O4/c1-4-7-8-9-18(24)22-16-11-17-13(10-15(16)21)19(25)14(12-23(17)5-2)20(26)27-6-3/h10-12H,4-9H2,1-3H3,(H,22,24). The van der Waals surface area contributed by atoms with Gasteiger partial charge in [-0.15, -0.1) is 0 Å². The van der Waals surface area contributed by atoms with E-state index in [0.29, 0.717) is 18.5 Å². The molecule has 2 aromatic rings. The van der Waals surface area contributed by atoms with Gasteiger partial charge in [0.05, 0.1) is 17.8 Å². The first-order chi connectivity index (χ1) is 12.9. The minimum Gasteiger partial charge on any atom is -0.462 e. The Labute approximate surface area is 157 Å². The quantitative estimate of drug-likeness (QED) is 0.561. The SMILES string of the molecule is CCCCCC(=O)Nc1cc2c(cc1F)c(=O)c(C(=O)OCC)cn2CC. The van der Waals surface area contributed by atoms with Crippen molar-refractivity contribution < 1.29 is 18.7 Å². The maximum atomic E-state index is 14.5. The summed E-state index contributed by atoms with van der Waals surface area (Å²) in [7, 11) is 0. The maximum Gasteiger partial charge on any atom is 0.343 e. The number of benzene rings is 1. The van der Waals surface area contributed by atoms with Gasteiger partial charge >= 0.3 is 5.97 Å². The molecule has 0 aliphatic heterocycles. The van der Waals surface area contributed by atoms with Gasteiger partial charge in [-0.2, -0.15) is 0 Å². The molecular weight excluding hydrogens is 351 g/mol. The number of ether oxygens (including phenoxy) is 1. The van der Waals surface area contributed by atoms with Crippen LogP contribution in [0, 0.1) is 5.82 Å². The van der Waals surface area contributed by atoms with Gasteiger partial charge in [-0.25, -0.2) is 9.18 Å². The average molecular weight is 376 g/mol. The molecule has 0 radical (unpaired) electrons.